The predicted molar refractivity (Wildman–Crippen MR) is 94.6 cm³/mol. The summed E-state index contributed by atoms with van der Waals surface area (Å²) < 4.78 is 12.3. The van der Waals surface area contributed by atoms with Gasteiger partial charge >= 0.3 is 7.12 Å². The normalized spacial score (nSPS) is 19.9. The lowest BCUT2D eigenvalue weighted by Gasteiger charge is -2.32. The molecule has 1 N–H and O–H groups in total. The van der Waals surface area contributed by atoms with Crippen molar-refractivity contribution in [3.8, 4) is 0 Å². The number of aryl methyl sites for hydroxylation is 1. The van der Waals surface area contributed by atoms with Gasteiger partial charge in [0.2, 0.25) is 0 Å². The summed E-state index contributed by atoms with van der Waals surface area (Å²) in [5.41, 5.74) is 3.12. The van der Waals surface area contributed by atoms with E-state index in [0.717, 1.165) is 22.9 Å². The lowest BCUT2D eigenvalue weighted by molar-refractivity contribution is 0.00578. The Morgan fingerprint density at radius 1 is 1.22 bits per heavy atom. The molecule has 5 heteroatoms. The molecule has 0 aliphatic carbocycles. The molecule has 1 saturated heterocycles. The molecule has 1 aromatic carbocycles. The second-order valence-corrected chi connectivity index (χ2v) is 7.07. The highest BCUT2D eigenvalue weighted by Crippen LogP contribution is 2.38. The number of likely N-dealkylation sites (N-methyl/N-ethyl adjacent to an activating group) is 1. The number of rotatable bonds is 5. The van der Waals surface area contributed by atoms with E-state index in [4.69, 9.17) is 9.31 Å². The van der Waals surface area contributed by atoms with Crippen LogP contribution in [0, 0.1) is 6.92 Å². The Bertz CT molecular complexity index is 607. The van der Waals surface area contributed by atoms with Crippen molar-refractivity contribution in [2.24, 2.45) is 0 Å². The zero-order chi connectivity index (χ0) is 17.3. The molecule has 0 radical (unpaired) electrons. The molecular weight excluding hydrogens is 289 g/mol. The summed E-state index contributed by atoms with van der Waals surface area (Å²) >= 11 is 0. The van der Waals surface area contributed by atoms with Crippen LogP contribution >= 0.6 is 0 Å². The van der Waals surface area contributed by atoms with Crippen molar-refractivity contribution in [1.29, 1.82) is 0 Å². The van der Waals surface area contributed by atoms with Crippen molar-refractivity contribution in [1.82, 2.24) is 5.32 Å². The van der Waals surface area contributed by atoms with E-state index in [-0.39, 0.29) is 18.3 Å². The molecule has 4 nitrogen and oxygen atoms in total. The number of hydrogen-bond donors (Lipinski definition) is 1. The molecule has 1 heterocycles. The summed E-state index contributed by atoms with van der Waals surface area (Å²) in [6, 6.07) is 5.67. The first-order valence-corrected chi connectivity index (χ1v) is 7.97. The molecule has 1 aliphatic rings. The van der Waals surface area contributed by atoms with Crippen LogP contribution in [0.15, 0.2) is 23.7 Å². The highest BCUT2D eigenvalue weighted by Gasteiger charge is 2.52. The van der Waals surface area contributed by atoms with E-state index in [1.54, 1.807) is 0 Å². The van der Waals surface area contributed by atoms with E-state index in [9.17, 15) is 4.79 Å². The van der Waals surface area contributed by atoms with Crippen molar-refractivity contribution < 1.29 is 14.1 Å². The zero-order valence-electron chi connectivity index (χ0n) is 14.9. The van der Waals surface area contributed by atoms with Gasteiger partial charge in [-0.15, -0.1) is 0 Å². The minimum absolute atomic E-state index is 0.360. The third-order valence-electron chi connectivity index (χ3n) is 4.71. The fraction of sp³-hybridized carbons (Fsp3) is 0.500. The summed E-state index contributed by atoms with van der Waals surface area (Å²) in [6.07, 6.45) is 2.95. The molecule has 0 amide bonds. The molecule has 2 rings (SSSR count). The predicted octanol–water partition coefficient (Wildman–Crippen LogP) is 3.04. The molecule has 0 spiro atoms. The van der Waals surface area contributed by atoms with Crippen molar-refractivity contribution in [3.63, 3.8) is 0 Å². The molecule has 0 aromatic heterocycles. The molecule has 0 atom stereocenters. The molecule has 124 valence electrons. The number of carbonyl (C=O) groups excluding carboxylic acids is 1. The number of nitrogens with one attached hydrogen (secondary N) is 1. The maximum Gasteiger partial charge on any atom is 0.491 e. The van der Waals surface area contributed by atoms with Crippen LogP contribution < -0.4 is 5.32 Å². The van der Waals surface area contributed by atoms with Crippen molar-refractivity contribution in [2.45, 2.75) is 45.8 Å². The van der Waals surface area contributed by atoms with E-state index in [0.29, 0.717) is 12.1 Å². The summed E-state index contributed by atoms with van der Waals surface area (Å²) in [7, 11) is 1.53. The first-order chi connectivity index (χ1) is 10.7. The highest BCUT2D eigenvalue weighted by atomic mass is 16.7. The summed E-state index contributed by atoms with van der Waals surface area (Å²) in [4.78, 5) is 10.9. The number of benzene rings is 1. The molecule has 1 aliphatic heterocycles. The standard InChI is InChI=1S/C18H26BNO3/c1-13-9-14(12-21)7-8-15(13)10-16(11-20-6)19-22-17(2,3)18(4,5)23-19/h7-10,12,20H,11H2,1-6H3. The van der Waals surface area contributed by atoms with Gasteiger partial charge < -0.3 is 14.6 Å². The lowest BCUT2D eigenvalue weighted by Crippen LogP contribution is -2.41. The smallest absolute Gasteiger partial charge is 0.400 e. The van der Waals surface area contributed by atoms with Gasteiger partial charge in [0, 0.05) is 12.1 Å². The maximum atomic E-state index is 10.9. The molecule has 0 bridgehead atoms. The average Bonchev–Trinajstić information content (AvgIpc) is 2.68. The van der Waals surface area contributed by atoms with E-state index in [1.165, 1.54) is 0 Å². The monoisotopic (exact) mass is 315 g/mol. The van der Waals surface area contributed by atoms with Crippen LogP contribution in [-0.2, 0) is 9.31 Å². The van der Waals surface area contributed by atoms with Crippen LogP contribution in [0.25, 0.3) is 6.08 Å². The van der Waals surface area contributed by atoms with Gasteiger partial charge in [-0.2, -0.15) is 0 Å². The second kappa shape index (κ2) is 6.60. The lowest BCUT2D eigenvalue weighted by atomic mass is 9.76. The number of aldehydes is 1. The van der Waals surface area contributed by atoms with E-state index < -0.39 is 0 Å². The average molecular weight is 315 g/mol. The van der Waals surface area contributed by atoms with Crippen LogP contribution in [0.5, 0.6) is 0 Å². The van der Waals surface area contributed by atoms with E-state index in [1.807, 2.05) is 59.9 Å². The minimum Gasteiger partial charge on any atom is -0.400 e. The SMILES string of the molecule is CNCC(=Cc1ccc(C=O)cc1C)B1OC(C)(C)C(C)(C)O1. The van der Waals surface area contributed by atoms with Gasteiger partial charge in [0.05, 0.1) is 11.2 Å². The molecule has 1 fully saturated rings. The fourth-order valence-corrected chi connectivity index (χ4v) is 2.53. The van der Waals surface area contributed by atoms with Crippen LogP contribution in [0.3, 0.4) is 0 Å². The van der Waals surface area contributed by atoms with Crippen LogP contribution in [0.4, 0.5) is 0 Å². The Balaban J connectivity index is 2.34. The number of carbonyl (C=O) groups is 1. The van der Waals surface area contributed by atoms with E-state index >= 15 is 0 Å². The van der Waals surface area contributed by atoms with Gasteiger partial charge in [-0.3, -0.25) is 4.79 Å². The number of hydrogen-bond acceptors (Lipinski definition) is 4. The summed E-state index contributed by atoms with van der Waals surface area (Å²) in [5.74, 6) is 0. The first-order valence-electron chi connectivity index (χ1n) is 7.97. The molecule has 23 heavy (non-hydrogen) atoms. The van der Waals surface area contributed by atoms with Gasteiger partial charge in [-0.05, 0) is 64.3 Å². The second-order valence-electron chi connectivity index (χ2n) is 7.07. The Hall–Kier alpha value is -1.43. The van der Waals surface area contributed by atoms with Crippen molar-refractivity contribution in [3.05, 3.63) is 40.4 Å². The van der Waals surface area contributed by atoms with Gasteiger partial charge in [-0.1, -0.05) is 18.2 Å². The summed E-state index contributed by atoms with van der Waals surface area (Å²) in [6.45, 7) is 10.9. The Labute approximate surface area is 139 Å². The molecule has 0 unspecified atom stereocenters. The summed E-state index contributed by atoms with van der Waals surface area (Å²) in [5, 5.41) is 3.18. The van der Waals surface area contributed by atoms with Crippen LogP contribution in [0.1, 0.15) is 49.2 Å². The van der Waals surface area contributed by atoms with Gasteiger partial charge in [0.25, 0.3) is 0 Å². The molecule has 1 aromatic rings. The highest BCUT2D eigenvalue weighted by molar-refractivity contribution is 6.55. The topological polar surface area (TPSA) is 47.6 Å². The van der Waals surface area contributed by atoms with Gasteiger partial charge in [0.15, 0.2) is 0 Å². The third-order valence-corrected chi connectivity index (χ3v) is 4.71. The first kappa shape index (κ1) is 17.9. The van der Waals surface area contributed by atoms with Gasteiger partial charge in [-0.25, -0.2) is 0 Å². The quantitative estimate of drug-likeness (QED) is 0.670. The Kier molecular flexibility index (Phi) is 5.14. The molecule has 0 saturated carbocycles. The third kappa shape index (κ3) is 3.74. The largest absolute Gasteiger partial charge is 0.491 e. The van der Waals surface area contributed by atoms with Gasteiger partial charge in [0.1, 0.15) is 6.29 Å². The fourth-order valence-electron chi connectivity index (χ4n) is 2.53. The van der Waals surface area contributed by atoms with E-state index in [2.05, 4.69) is 11.4 Å². The van der Waals surface area contributed by atoms with Crippen LogP contribution in [0.2, 0.25) is 0 Å². The molecular formula is C18H26BNO3. The zero-order valence-corrected chi connectivity index (χ0v) is 14.9. The van der Waals surface area contributed by atoms with Crippen molar-refractivity contribution in [2.75, 3.05) is 13.6 Å². The Morgan fingerprint density at radius 2 is 1.83 bits per heavy atom. The van der Waals surface area contributed by atoms with Crippen LogP contribution in [-0.4, -0.2) is 38.2 Å². The van der Waals surface area contributed by atoms with Crippen molar-refractivity contribution >= 4 is 19.5 Å². The Morgan fingerprint density at radius 3 is 2.30 bits per heavy atom. The minimum atomic E-state index is -0.377. The maximum absolute atomic E-state index is 10.9.